The minimum Gasteiger partial charge on any atom is -0.507 e. The van der Waals surface area contributed by atoms with Gasteiger partial charge >= 0.3 is 0 Å². The van der Waals surface area contributed by atoms with Gasteiger partial charge in [-0.25, -0.2) is 4.98 Å². The van der Waals surface area contributed by atoms with E-state index < -0.39 is 6.37 Å². The number of fused-ring (bicyclic) bond motifs is 1. The number of aromatic nitrogens is 3. The summed E-state index contributed by atoms with van der Waals surface area (Å²) in [6, 6.07) is 72.1. The molecule has 8 aromatic carbocycles. The van der Waals surface area contributed by atoms with E-state index in [2.05, 4.69) is 158 Å². The smallest absolute Gasteiger partial charge is 0.148 e. The Kier molecular flexibility index (Phi) is 11.9. The van der Waals surface area contributed by atoms with Crippen molar-refractivity contribution in [3.8, 4) is 78.6 Å². The predicted octanol–water partition coefficient (Wildman–Crippen LogP) is 16.0. The topological polar surface area (TPSA) is 50.9 Å². The molecular formula is C63H52N3OPt-. The number of imidazole rings is 1. The number of rotatable bonds is 11. The number of benzene rings is 8. The summed E-state index contributed by atoms with van der Waals surface area (Å²) in [6.07, 6.45) is 4.28. The van der Waals surface area contributed by atoms with E-state index in [1.165, 1.54) is 11.1 Å². The molecule has 1 aliphatic carbocycles. The van der Waals surface area contributed by atoms with Gasteiger partial charge in [0.25, 0.3) is 0 Å². The van der Waals surface area contributed by atoms with Crippen LogP contribution in [0.2, 0.25) is 0 Å². The van der Waals surface area contributed by atoms with Gasteiger partial charge in [-0.15, -0.1) is 23.8 Å². The molecule has 2 heterocycles. The van der Waals surface area contributed by atoms with E-state index in [1.807, 2.05) is 66.9 Å². The van der Waals surface area contributed by atoms with Crippen molar-refractivity contribution in [1.82, 2.24) is 14.5 Å². The molecule has 0 aliphatic heterocycles. The molecule has 68 heavy (non-hydrogen) atoms. The second-order valence-electron chi connectivity index (χ2n) is 18.2. The van der Waals surface area contributed by atoms with Crippen LogP contribution in [0.1, 0.15) is 59.0 Å². The molecule has 1 saturated carbocycles. The monoisotopic (exact) mass is 1060 g/mol. The Labute approximate surface area is 417 Å². The number of nitrogens with zero attached hydrogens (tertiary/aromatic N) is 3. The first-order valence-electron chi connectivity index (χ1n) is 24.4. The molecule has 2 aromatic heterocycles. The molecule has 0 radical (unpaired) electrons. The maximum atomic E-state index is 11.5. The predicted molar refractivity (Wildman–Crippen MR) is 276 cm³/mol. The number of phenols is 1. The Hall–Kier alpha value is -7.13. The first-order chi connectivity index (χ1) is 33.6. The Morgan fingerprint density at radius 1 is 0.588 bits per heavy atom. The number of aromatic hydroxyl groups is 1. The number of para-hydroxylation sites is 2. The Morgan fingerprint density at radius 3 is 1.99 bits per heavy atom. The summed E-state index contributed by atoms with van der Waals surface area (Å²) in [6.45, 7) is 4.55. The van der Waals surface area contributed by atoms with E-state index in [4.69, 9.17) is 9.97 Å². The van der Waals surface area contributed by atoms with E-state index in [0.29, 0.717) is 17.0 Å². The fraction of sp³-hybridized carbons (Fsp3) is 0.143. The van der Waals surface area contributed by atoms with E-state index in [1.54, 1.807) is 6.07 Å². The van der Waals surface area contributed by atoms with Gasteiger partial charge in [-0.3, -0.25) is 9.55 Å². The molecule has 5 heteroatoms. The molecule has 0 saturated heterocycles. The Bertz CT molecular complexity index is 3470. The van der Waals surface area contributed by atoms with Crippen LogP contribution < -0.4 is 0 Å². The fourth-order valence-electron chi connectivity index (χ4n) is 9.90. The standard InChI is InChI=1S/C63H52N3O.Pt/c1-63(2,52-25-10-5-11-26-52)53-27-16-24-47(41-53)48-34-35-64-57(42-48)51-39-49(45-20-6-3-7-21-45)38-50(40-51)54-29-17-30-59-61(54)65-62(55-28-14-15-31-60(55)67)66(59)58-33-32-44(36-43-18-12-13-19-43)37-56(58)46-22-8-4-9-23-46;/h3-11,14-17,20-35,37-39,41-43,67H,12-13,18-19,36H2,1-2H3;/q-1;/i36D2;. The molecule has 1 aliphatic rings. The Balaban J connectivity index is 0.00000567. The summed E-state index contributed by atoms with van der Waals surface area (Å²) < 4.78 is 20.9. The maximum Gasteiger partial charge on any atom is 0.148 e. The average Bonchev–Trinajstić information content (AvgIpc) is 4.10. The normalized spacial score (nSPS) is 13.5. The molecule has 0 unspecified atom stereocenters. The zero-order valence-electron chi connectivity index (χ0n) is 40.1. The van der Waals surface area contributed by atoms with Crippen molar-refractivity contribution in [1.29, 1.82) is 0 Å². The van der Waals surface area contributed by atoms with Crippen molar-refractivity contribution in [3.05, 3.63) is 229 Å². The fourth-order valence-corrected chi connectivity index (χ4v) is 9.90. The Morgan fingerprint density at radius 2 is 1.22 bits per heavy atom. The summed E-state index contributed by atoms with van der Waals surface area (Å²) >= 11 is 0. The molecule has 0 bridgehead atoms. The number of hydrogen-bond acceptors (Lipinski definition) is 3. The van der Waals surface area contributed by atoms with Crippen LogP contribution in [0.3, 0.4) is 0 Å². The second kappa shape index (κ2) is 19.2. The van der Waals surface area contributed by atoms with Crippen LogP contribution in [-0.4, -0.2) is 19.6 Å². The maximum absolute atomic E-state index is 11.5. The summed E-state index contributed by atoms with van der Waals surface area (Å²) in [4.78, 5) is 10.4. The zero-order chi connectivity index (χ0) is 47.1. The van der Waals surface area contributed by atoms with E-state index in [0.717, 1.165) is 98.2 Å². The third-order valence-corrected chi connectivity index (χ3v) is 13.6. The van der Waals surface area contributed by atoms with Gasteiger partial charge in [0, 0.05) is 46.7 Å². The zero-order valence-corrected chi connectivity index (χ0v) is 40.4. The quantitative estimate of drug-likeness (QED) is 0.131. The van der Waals surface area contributed by atoms with Crippen LogP contribution in [-0.2, 0) is 32.9 Å². The third-order valence-electron chi connectivity index (χ3n) is 13.6. The van der Waals surface area contributed by atoms with Crippen molar-refractivity contribution in [2.45, 2.75) is 51.3 Å². The van der Waals surface area contributed by atoms with E-state index >= 15 is 0 Å². The van der Waals surface area contributed by atoms with Gasteiger partial charge < -0.3 is 5.11 Å². The minimum atomic E-state index is -1.49. The average molecular weight is 1060 g/mol. The van der Waals surface area contributed by atoms with Crippen LogP contribution in [0, 0.1) is 12.0 Å². The van der Waals surface area contributed by atoms with Gasteiger partial charge in [0.2, 0.25) is 0 Å². The van der Waals surface area contributed by atoms with Crippen LogP contribution >= 0.6 is 0 Å². The molecule has 4 nitrogen and oxygen atoms in total. The van der Waals surface area contributed by atoms with E-state index in [-0.39, 0.29) is 38.1 Å². The first-order valence-corrected chi connectivity index (χ1v) is 23.4. The van der Waals surface area contributed by atoms with Gasteiger partial charge in [-0.1, -0.05) is 208 Å². The summed E-state index contributed by atoms with van der Waals surface area (Å²) in [5.41, 5.74) is 15.5. The van der Waals surface area contributed by atoms with Gasteiger partial charge in [0.15, 0.2) is 0 Å². The largest absolute Gasteiger partial charge is 0.507 e. The van der Waals surface area contributed by atoms with Crippen LogP contribution in [0.4, 0.5) is 0 Å². The molecule has 0 amide bonds. The molecule has 11 rings (SSSR count). The van der Waals surface area contributed by atoms with Crippen molar-refractivity contribution in [2.24, 2.45) is 5.92 Å². The molecular weight excluding hydrogens is 1010 g/mol. The first kappa shape index (κ1) is 42.2. The van der Waals surface area contributed by atoms with Gasteiger partial charge in [0.05, 0.1) is 22.3 Å². The van der Waals surface area contributed by atoms with Crippen LogP contribution in [0.25, 0.3) is 83.9 Å². The number of pyridine rings is 1. The van der Waals surface area contributed by atoms with Gasteiger partial charge in [-0.05, 0) is 87.6 Å². The van der Waals surface area contributed by atoms with Crippen molar-refractivity contribution in [3.63, 3.8) is 0 Å². The SMILES string of the molecule is [2H]C([2H])(c1ccc(-n2c(-c3ccccc3O)nc3c(-c4[c-]c(-c5cc(-c6cccc(C(C)(C)c7ccccc7)c6)ccn5)cc(-c5ccccc5)c4)cccc32)c(-c2ccccc2)c1)C1CCCC1.[Pt]. The van der Waals surface area contributed by atoms with Crippen molar-refractivity contribution >= 4 is 11.0 Å². The van der Waals surface area contributed by atoms with Crippen molar-refractivity contribution in [2.75, 3.05) is 0 Å². The molecule has 336 valence electrons. The summed E-state index contributed by atoms with van der Waals surface area (Å²) in [5.74, 6) is 0.659. The van der Waals surface area contributed by atoms with E-state index in [9.17, 15) is 7.85 Å². The minimum absolute atomic E-state index is 0. The molecule has 1 N–H and O–H groups in total. The molecule has 10 aromatic rings. The molecule has 0 atom stereocenters. The van der Waals surface area contributed by atoms with Crippen LogP contribution in [0.15, 0.2) is 206 Å². The molecule has 0 spiro atoms. The molecule has 1 fully saturated rings. The second-order valence-corrected chi connectivity index (χ2v) is 18.2. The van der Waals surface area contributed by atoms with Gasteiger partial charge in [0.1, 0.15) is 11.6 Å². The van der Waals surface area contributed by atoms with Crippen molar-refractivity contribution < 1.29 is 28.9 Å². The number of hydrogen-bond donors (Lipinski definition) is 1. The summed E-state index contributed by atoms with van der Waals surface area (Å²) in [7, 11) is 0. The third kappa shape index (κ3) is 8.78. The number of phenolic OH excluding ortho intramolecular Hbond substituents is 1. The van der Waals surface area contributed by atoms with Crippen LogP contribution in [0.5, 0.6) is 5.75 Å². The summed E-state index contributed by atoms with van der Waals surface area (Å²) in [5, 5.41) is 11.5. The van der Waals surface area contributed by atoms with Gasteiger partial charge in [-0.2, -0.15) is 0 Å².